The lowest BCUT2D eigenvalue weighted by Gasteiger charge is -2.24. The third kappa shape index (κ3) is 3.47. The number of amides is 2. The second-order valence-electron chi connectivity index (χ2n) is 6.08. The maximum Gasteiger partial charge on any atom is 0.226 e. The molecule has 6 nitrogen and oxygen atoms in total. The van der Waals surface area contributed by atoms with Gasteiger partial charge >= 0.3 is 0 Å². The van der Waals surface area contributed by atoms with E-state index in [-0.39, 0.29) is 24.3 Å². The lowest BCUT2D eigenvalue weighted by Crippen LogP contribution is -2.34. The number of carbonyl (C=O) groups is 2. The molecule has 2 atom stereocenters. The van der Waals surface area contributed by atoms with Crippen molar-refractivity contribution in [1.82, 2.24) is 15.2 Å². The van der Waals surface area contributed by atoms with Crippen molar-refractivity contribution in [2.75, 3.05) is 14.2 Å². The fourth-order valence-electron chi connectivity index (χ4n) is 3.27. The molecule has 1 fully saturated rings. The van der Waals surface area contributed by atoms with Crippen LogP contribution in [0.4, 0.5) is 0 Å². The number of rotatable bonds is 5. The van der Waals surface area contributed by atoms with Gasteiger partial charge in [-0.2, -0.15) is 0 Å². The number of ether oxygens (including phenoxy) is 1. The summed E-state index contributed by atoms with van der Waals surface area (Å²) in [5, 5.41) is 2.94. The first-order valence-electron chi connectivity index (χ1n) is 8.17. The summed E-state index contributed by atoms with van der Waals surface area (Å²) in [6.45, 7) is 0.358. The first kappa shape index (κ1) is 17.0. The van der Waals surface area contributed by atoms with E-state index in [0.717, 1.165) is 16.9 Å². The van der Waals surface area contributed by atoms with Crippen molar-refractivity contribution in [2.24, 2.45) is 5.92 Å². The van der Waals surface area contributed by atoms with Crippen LogP contribution in [0.2, 0.25) is 0 Å². The van der Waals surface area contributed by atoms with Crippen molar-refractivity contribution < 1.29 is 14.3 Å². The number of benzene rings is 1. The Morgan fingerprint density at radius 2 is 2.12 bits per heavy atom. The number of nitrogens with one attached hydrogen (secondary N) is 1. The number of pyridine rings is 1. The third-order valence-electron chi connectivity index (χ3n) is 4.59. The van der Waals surface area contributed by atoms with Gasteiger partial charge in [0, 0.05) is 38.0 Å². The quantitative estimate of drug-likeness (QED) is 0.903. The summed E-state index contributed by atoms with van der Waals surface area (Å²) in [4.78, 5) is 30.6. The second-order valence-corrected chi connectivity index (χ2v) is 6.08. The van der Waals surface area contributed by atoms with Crippen LogP contribution in [0, 0.1) is 5.92 Å². The van der Waals surface area contributed by atoms with E-state index >= 15 is 0 Å². The van der Waals surface area contributed by atoms with Gasteiger partial charge in [-0.25, -0.2) is 0 Å². The maximum atomic E-state index is 12.7. The van der Waals surface area contributed by atoms with E-state index < -0.39 is 5.92 Å². The van der Waals surface area contributed by atoms with Crippen molar-refractivity contribution in [3.63, 3.8) is 0 Å². The molecule has 1 aromatic carbocycles. The molecule has 1 saturated heterocycles. The summed E-state index contributed by atoms with van der Waals surface area (Å²) in [5.74, 6) is 0.117. The minimum atomic E-state index is -0.434. The minimum Gasteiger partial charge on any atom is -0.496 e. The Kier molecular flexibility index (Phi) is 4.97. The lowest BCUT2D eigenvalue weighted by atomic mass is 9.94. The molecule has 0 radical (unpaired) electrons. The van der Waals surface area contributed by atoms with E-state index in [4.69, 9.17) is 4.74 Å². The van der Waals surface area contributed by atoms with E-state index in [2.05, 4.69) is 10.3 Å². The monoisotopic (exact) mass is 339 g/mol. The topological polar surface area (TPSA) is 71.5 Å². The van der Waals surface area contributed by atoms with Crippen LogP contribution in [0.5, 0.6) is 5.75 Å². The number of methoxy groups -OCH3 is 1. The summed E-state index contributed by atoms with van der Waals surface area (Å²) in [7, 11) is 3.33. The molecule has 2 amide bonds. The maximum absolute atomic E-state index is 12.7. The van der Waals surface area contributed by atoms with Crippen LogP contribution in [-0.2, 0) is 16.1 Å². The first-order valence-corrected chi connectivity index (χ1v) is 8.17. The van der Waals surface area contributed by atoms with Gasteiger partial charge in [0.2, 0.25) is 11.8 Å². The number of para-hydroxylation sites is 1. The van der Waals surface area contributed by atoms with Gasteiger partial charge in [-0.05, 0) is 17.7 Å². The van der Waals surface area contributed by atoms with E-state index in [0.29, 0.717) is 6.54 Å². The first-order chi connectivity index (χ1) is 12.1. The Labute approximate surface area is 146 Å². The van der Waals surface area contributed by atoms with E-state index in [9.17, 15) is 9.59 Å². The summed E-state index contributed by atoms with van der Waals surface area (Å²) in [6.07, 6.45) is 3.59. The largest absolute Gasteiger partial charge is 0.496 e. The molecule has 6 heteroatoms. The van der Waals surface area contributed by atoms with Gasteiger partial charge < -0.3 is 15.0 Å². The number of nitrogens with zero attached hydrogens (tertiary/aromatic N) is 2. The van der Waals surface area contributed by atoms with Crippen molar-refractivity contribution in [2.45, 2.75) is 19.0 Å². The summed E-state index contributed by atoms with van der Waals surface area (Å²) >= 11 is 0. The van der Waals surface area contributed by atoms with Gasteiger partial charge in [-0.1, -0.05) is 24.3 Å². The van der Waals surface area contributed by atoms with Crippen LogP contribution in [0.1, 0.15) is 23.6 Å². The fourth-order valence-corrected chi connectivity index (χ4v) is 3.27. The molecular weight excluding hydrogens is 318 g/mol. The molecule has 0 spiro atoms. The normalized spacial score (nSPS) is 19.8. The molecule has 130 valence electrons. The molecule has 1 aliphatic heterocycles. The average Bonchev–Trinajstić information content (AvgIpc) is 2.95. The molecule has 0 saturated carbocycles. The van der Waals surface area contributed by atoms with Crippen LogP contribution in [0.25, 0.3) is 0 Å². The van der Waals surface area contributed by atoms with Crippen LogP contribution in [0.15, 0.2) is 48.8 Å². The SMILES string of the molecule is COc1ccccc1CNC(=O)[C@@H]1CC(=O)N(C)[C@@H]1c1cccnc1. The minimum absolute atomic E-state index is 0.0358. The predicted molar refractivity (Wildman–Crippen MR) is 92.7 cm³/mol. The van der Waals surface area contributed by atoms with Gasteiger partial charge in [0.25, 0.3) is 0 Å². The molecule has 1 aromatic heterocycles. The zero-order chi connectivity index (χ0) is 17.8. The molecule has 0 aliphatic carbocycles. The predicted octanol–water partition coefficient (Wildman–Crippen LogP) is 1.93. The number of likely N-dealkylation sites (tertiary alicyclic amines) is 1. The van der Waals surface area contributed by atoms with Crippen molar-refractivity contribution >= 4 is 11.8 Å². The molecule has 1 aliphatic rings. The van der Waals surface area contributed by atoms with Gasteiger partial charge in [0.15, 0.2) is 0 Å². The number of carbonyl (C=O) groups excluding carboxylic acids is 2. The van der Waals surface area contributed by atoms with Gasteiger partial charge in [-0.3, -0.25) is 14.6 Å². The molecule has 0 bridgehead atoms. The molecule has 0 unspecified atom stereocenters. The van der Waals surface area contributed by atoms with Gasteiger partial charge in [0.1, 0.15) is 5.75 Å². The number of hydrogen-bond acceptors (Lipinski definition) is 4. The van der Waals surface area contributed by atoms with E-state index in [1.807, 2.05) is 36.4 Å². The fraction of sp³-hybridized carbons (Fsp3) is 0.316. The molecule has 1 N–H and O–H groups in total. The summed E-state index contributed by atoms with van der Waals surface area (Å²) in [5.41, 5.74) is 1.77. The zero-order valence-electron chi connectivity index (χ0n) is 14.3. The number of hydrogen-bond donors (Lipinski definition) is 1. The van der Waals surface area contributed by atoms with Crippen molar-refractivity contribution in [1.29, 1.82) is 0 Å². The van der Waals surface area contributed by atoms with Crippen LogP contribution in [-0.4, -0.2) is 35.9 Å². The zero-order valence-corrected chi connectivity index (χ0v) is 14.3. The summed E-state index contributed by atoms with van der Waals surface area (Å²) in [6, 6.07) is 11.0. The van der Waals surface area contributed by atoms with E-state index in [1.54, 1.807) is 31.5 Å². The van der Waals surface area contributed by atoms with Crippen molar-refractivity contribution in [3.8, 4) is 5.75 Å². The van der Waals surface area contributed by atoms with Crippen LogP contribution >= 0.6 is 0 Å². The van der Waals surface area contributed by atoms with E-state index in [1.165, 1.54) is 0 Å². The second kappa shape index (κ2) is 7.34. The smallest absolute Gasteiger partial charge is 0.226 e. The standard InChI is InChI=1S/C19H21N3O3/c1-22-17(23)10-15(18(22)14-7-5-9-20-11-14)19(24)21-12-13-6-3-4-8-16(13)25-2/h3-9,11,15,18H,10,12H2,1-2H3,(H,21,24)/t15-,18-/m1/s1. The van der Waals surface area contributed by atoms with Gasteiger partial charge in [-0.15, -0.1) is 0 Å². The molecule has 3 rings (SSSR count). The lowest BCUT2D eigenvalue weighted by molar-refractivity contribution is -0.128. The number of aromatic nitrogens is 1. The third-order valence-corrected chi connectivity index (χ3v) is 4.59. The Balaban J connectivity index is 1.75. The highest BCUT2D eigenvalue weighted by Crippen LogP contribution is 2.36. The van der Waals surface area contributed by atoms with Gasteiger partial charge in [0.05, 0.1) is 19.1 Å². The average molecular weight is 339 g/mol. The van der Waals surface area contributed by atoms with Crippen LogP contribution in [0.3, 0.4) is 0 Å². The highest BCUT2D eigenvalue weighted by Gasteiger charge is 2.42. The van der Waals surface area contributed by atoms with Crippen molar-refractivity contribution in [3.05, 3.63) is 59.9 Å². The molecular formula is C19H21N3O3. The highest BCUT2D eigenvalue weighted by atomic mass is 16.5. The summed E-state index contributed by atoms with van der Waals surface area (Å²) < 4.78 is 5.31. The Hall–Kier alpha value is -2.89. The molecule has 2 heterocycles. The Bertz CT molecular complexity index is 764. The Morgan fingerprint density at radius 1 is 1.32 bits per heavy atom. The van der Waals surface area contributed by atoms with Crippen LogP contribution < -0.4 is 10.1 Å². The molecule has 25 heavy (non-hydrogen) atoms. The highest BCUT2D eigenvalue weighted by molar-refractivity contribution is 5.90. The Morgan fingerprint density at radius 3 is 2.84 bits per heavy atom. The molecule has 2 aromatic rings.